The maximum absolute atomic E-state index is 4.41. The van der Waals surface area contributed by atoms with Crippen molar-refractivity contribution < 1.29 is 0 Å². The second-order valence-corrected chi connectivity index (χ2v) is 5.54. The van der Waals surface area contributed by atoms with Crippen molar-refractivity contribution in [1.82, 2.24) is 15.3 Å². The summed E-state index contributed by atoms with van der Waals surface area (Å²) in [4.78, 5) is 9.96. The number of thiazole rings is 2. The zero-order valence-electron chi connectivity index (χ0n) is 9.43. The third kappa shape index (κ3) is 2.66. The minimum absolute atomic E-state index is 0.381. The summed E-state index contributed by atoms with van der Waals surface area (Å²) in [6.07, 6.45) is 4.93. The van der Waals surface area contributed by atoms with E-state index < -0.39 is 0 Å². The maximum Gasteiger partial charge on any atom is 0.152 e. The summed E-state index contributed by atoms with van der Waals surface area (Å²) in [7, 11) is 0. The third-order valence-electron chi connectivity index (χ3n) is 2.27. The van der Waals surface area contributed by atoms with Crippen LogP contribution in [0, 0.1) is 0 Å². The van der Waals surface area contributed by atoms with Crippen molar-refractivity contribution in [3.8, 4) is 10.0 Å². The molecule has 0 radical (unpaired) electrons. The van der Waals surface area contributed by atoms with E-state index in [1.807, 2.05) is 17.8 Å². The lowest BCUT2D eigenvalue weighted by Crippen LogP contribution is -2.18. The second kappa shape index (κ2) is 5.52. The second-order valence-electron chi connectivity index (χ2n) is 3.58. The Balaban J connectivity index is 2.07. The van der Waals surface area contributed by atoms with Crippen LogP contribution in [0.3, 0.4) is 0 Å². The monoisotopic (exact) mass is 253 g/mol. The van der Waals surface area contributed by atoms with Crippen molar-refractivity contribution in [1.29, 1.82) is 0 Å². The summed E-state index contributed by atoms with van der Waals surface area (Å²) >= 11 is 3.36. The van der Waals surface area contributed by atoms with Crippen LogP contribution >= 0.6 is 22.7 Å². The highest BCUT2D eigenvalue weighted by atomic mass is 32.1. The quantitative estimate of drug-likeness (QED) is 0.888. The van der Waals surface area contributed by atoms with E-state index >= 15 is 0 Å². The Labute approximate surface area is 104 Å². The lowest BCUT2D eigenvalue weighted by molar-refractivity contribution is 0.577. The smallest absolute Gasteiger partial charge is 0.152 e. The highest BCUT2D eigenvalue weighted by Crippen LogP contribution is 2.29. The fourth-order valence-corrected chi connectivity index (χ4v) is 3.01. The lowest BCUT2D eigenvalue weighted by atomic mass is 10.3. The number of rotatable bonds is 5. The van der Waals surface area contributed by atoms with Crippen molar-refractivity contribution >= 4 is 22.7 Å². The van der Waals surface area contributed by atoms with Crippen molar-refractivity contribution in [2.75, 3.05) is 6.54 Å². The van der Waals surface area contributed by atoms with Crippen LogP contribution in [0.5, 0.6) is 0 Å². The summed E-state index contributed by atoms with van der Waals surface area (Å²) in [6.45, 7) is 5.40. The van der Waals surface area contributed by atoms with Gasteiger partial charge in [0.15, 0.2) is 10.0 Å². The molecule has 16 heavy (non-hydrogen) atoms. The molecule has 0 aliphatic rings. The molecule has 2 aromatic rings. The Bertz CT molecular complexity index is 422. The maximum atomic E-state index is 4.41. The topological polar surface area (TPSA) is 37.8 Å². The Morgan fingerprint density at radius 3 is 2.94 bits per heavy atom. The molecular formula is C11H15N3S2. The van der Waals surface area contributed by atoms with Gasteiger partial charge in [0.1, 0.15) is 0 Å². The van der Waals surface area contributed by atoms with Crippen molar-refractivity contribution in [3.05, 3.63) is 22.7 Å². The molecule has 2 heterocycles. The SMILES string of the molecule is CCCNC(C)c1cnc(-c2nccs2)s1. The van der Waals surface area contributed by atoms with Gasteiger partial charge >= 0.3 is 0 Å². The van der Waals surface area contributed by atoms with Crippen LogP contribution in [0.15, 0.2) is 17.8 Å². The first-order chi connectivity index (χ1) is 7.81. The number of nitrogens with one attached hydrogen (secondary N) is 1. The normalized spacial score (nSPS) is 12.9. The first-order valence-electron chi connectivity index (χ1n) is 5.40. The van der Waals surface area contributed by atoms with Gasteiger partial charge in [-0.05, 0) is 19.9 Å². The highest BCUT2D eigenvalue weighted by molar-refractivity contribution is 7.20. The van der Waals surface area contributed by atoms with Crippen molar-refractivity contribution in [3.63, 3.8) is 0 Å². The van der Waals surface area contributed by atoms with Crippen molar-refractivity contribution in [2.24, 2.45) is 0 Å². The average Bonchev–Trinajstić information content (AvgIpc) is 2.94. The van der Waals surface area contributed by atoms with E-state index in [0.717, 1.165) is 23.0 Å². The molecule has 86 valence electrons. The predicted octanol–water partition coefficient (Wildman–Crippen LogP) is 3.33. The Kier molecular flexibility index (Phi) is 4.04. The fraction of sp³-hybridized carbons (Fsp3) is 0.455. The molecule has 0 spiro atoms. The van der Waals surface area contributed by atoms with Gasteiger partial charge in [-0.2, -0.15) is 0 Å². The summed E-state index contributed by atoms with van der Waals surface area (Å²) in [5, 5.41) is 7.48. The van der Waals surface area contributed by atoms with Gasteiger partial charge in [-0.15, -0.1) is 22.7 Å². The highest BCUT2D eigenvalue weighted by Gasteiger charge is 2.11. The van der Waals surface area contributed by atoms with E-state index in [4.69, 9.17) is 0 Å². The first kappa shape index (κ1) is 11.7. The largest absolute Gasteiger partial charge is 0.309 e. The Hall–Kier alpha value is -0.780. The van der Waals surface area contributed by atoms with Crippen LogP contribution in [0.4, 0.5) is 0 Å². The lowest BCUT2D eigenvalue weighted by Gasteiger charge is -2.09. The molecule has 0 bridgehead atoms. The molecule has 1 N–H and O–H groups in total. The number of aromatic nitrogens is 2. The van der Waals surface area contributed by atoms with E-state index in [-0.39, 0.29) is 0 Å². The standard InChI is InChI=1S/C11H15N3S2/c1-3-4-12-8(2)9-7-14-11(16-9)10-13-5-6-15-10/h5-8,12H,3-4H2,1-2H3. The average molecular weight is 253 g/mol. The molecule has 5 heteroatoms. The number of hydrogen-bond acceptors (Lipinski definition) is 5. The molecule has 3 nitrogen and oxygen atoms in total. The molecule has 0 amide bonds. The van der Waals surface area contributed by atoms with Crippen LogP contribution in [0.1, 0.15) is 31.2 Å². The molecule has 2 rings (SSSR count). The predicted molar refractivity (Wildman–Crippen MR) is 69.9 cm³/mol. The molecule has 2 aromatic heterocycles. The Morgan fingerprint density at radius 1 is 1.38 bits per heavy atom. The summed E-state index contributed by atoms with van der Waals surface area (Å²) in [5.74, 6) is 0. The Morgan fingerprint density at radius 2 is 2.25 bits per heavy atom. The van der Waals surface area contributed by atoms with E-state index in [0.29, 0.717) is 6.04 Å². The van der Waals surface area contributed by atoms with E-state index in [2.05, 4.69) is 29.1 Å². The third-order valence-corrected chi connectivity index (χ3v) is 4.36. The number of nitrogens with zero attached hydrogens (tertiary/aromatic N) is 2. The van der Waals surface area contributed by atoms with E-state index in [9.17, 15) is 0 Å². The number of hydrogen-bond donors (Lipinski definition) is 1. The zero-order chi connectivity index (χ0) is 11.4. The summed E-state index contributed by atoms with van der Waals surface area (Å²) < 4.78 is 0. The van der Waals surface area contributed by atoms with Gasteiger partial charge in [0.05, 0.1) is 0 Å². The van der Waals surface area contributed by atoms with Gasteiger partial charge in [0, 0.05) is 28.7 Å². The molecular weight excluding hydrogens is 238 g/mol. The minimum Gasteiger partial charge on any atom is -0.309 e. The fourth-order valence-electron chi connectivity index (χ4n) is 1.38. The molecule has 0 saturated heterocycles. The van der Waals surface area contributed by atoms with Crippen LogP contribution in [0.25, 0.3) is 10.0 Å². The minimum atomic E-state index is 0.381. The summed E-state index contributed by atoms with van der Waals surface area (Å²) in [6, 6.07) is 0.381. The van der Waals surface area contributed by atoms with Crippen LogP contribution in [0.2, 0.25) is 0 Å². The van der Waals surface area contributed by atoms with E-state index in [1.54, 1.807) is 22.7 Å². The van der Waals surface area contributed by atoms with Crippen LogP contribution in [-0.4, -0.2) is 16.5 Å². The molecule has 0 aliphatic carbocycles. The molecule has 1 unspecified atom stereocenters. The molecule has 1 atom stereocenters. The summed E-state index contributed by atoms with van der Waals surface area (Å²) in [5.41, 5.74) is 0. The molecule has 0 aromatic carbocycles. The zero-order valence-corrected chi connectivity index (χ0v) is 11.1. The molecule has 0 saturated carbocycles. The molecule has 0 aliphatic heterocycles. The van der Waals surface area contributed by atoms with Gasteiger partial charge in [-0.25, -0.2) is 9.97 Å². The van der Waals surface area contributed by atoms with Crippen LogP contribution < -0.4 is 5.32 Å². The van der Waals surface area contributed by atoms with Crippen LogP contribution in [-0.2, 0) is 0 Å². The van der Waals surface area contributed by atoms with Gasteiger partial charge in [0.2, 0.25) is 0 Å². The van der Waals surface area contributed by atoms with Gasteiger partial charge < -0.3 is 5.32 Å². The first-order valence-corrected chi connectivity index (χ1v) is 7.10. The van der Waals surface area contributed by atoms with Gasteiger partial charge in [-0.1, -0.05) is 6.92 Å². The van der Waals surface area contributed by atoms with Crippen molar-refractivity contribution in [2.45, 2.75) is 26.3 Å². The van der Waals surface area contributed by atoms with E-state index in [1.165, 1.54) is 4.88 Å². The van der Waals surface area contributed by atoms with Gasteiger partial charge in [-0.3, -0.25) is 0 Å². The molecule has 0 fully saturated rings. The van der Waals surface area contributed by atoms with Gasteiger partial charge in [0.25, 0.3) is 0 Å².